The number of aliphatic carboxylic acids is 1. The fraction of sp³-hybridized carbons (Fsp3) is 0.357. The maximum atomic E-state index is 12.1. The number of nitrogens with zero attached hydrogens (tertiary/aromatic N) is 1. The molecule has 0 amide bonds. The number of aryl methyl sites for hydroxylation is 1. The normalized spacial score (nSPS) is 12.5. The lowest BCUT2D eigenvalue weighted by Crippen LogP contribution is -2.18. The van der Waals surface area contributed by atoms with E-state index >= 15 is 0 Å². The lowest BCUT2D eigenvalue weighted by Gasteiger charge is -2.06. The number of carboxylic acid groups (broad SMARTS) is 1. The van der Waals surface area contributed by atoms with E-state index < -0.39 is 16.6 Å². The summed E-state index contributed by atoms with van der Waals surface area (Å²) < 4.78 is 6.63. The van der Waals surface area contributed by atoms with Gasteiger partial charge in [-0.1, -0.05) is 22.9 Å². The van der Waals surface area contributed by atoms with Crippen LogP contribution in [0.25, 0.3) is 11.1 Å². The first-order valence-corrected chi connectivity index (χ1v) is 7.39. The fourth-order valence-electron chi connectivity index (χ4n) is 2.08. The molecule has 1 aromatic carbocycles. The van der Waals surface area contributed by atoms with Crippen LogP contribution in [-0.4, -0.2) is 26.3 Å². The lowest BCUT2D eigenvalue weighted by molar-refractivity contribution is -0.136. The molecule has 0 saturated heterocycles. The zero-order valence-electron chi connectivity index (χ0n) is 11.3. The molecule has 0 radical (unpaired) electrons. The Labute approximate surface area is 128 Å². The number of halogens is 1. The minimum absolute atomic E-state index is 0.308. The zero-order chi connectivity index (χ0) is 15.6. The molecule has 21 heavy (non-hydrogen) atoms. The third-order valence-electron chi connectivity index (χ3n) is 3.04. The summed E-state index contributed by atoms with van der Waals surface area (Å²) in [7, 11) is 0. The Hall–Kier alpha value is -1.89. The topological polar surface area (TPSA) is 89.5 Å². The maximum absolute atomic E-state index is 12.1. The molecule has 0 aliphatic carbocycles. The number of carboxylic acids is 1. The molecule has 112 valence electrons. The van der Waals surface area contributed by atoms with Crippen molar-refractivity contribution < 1.29 is 19.1 Å². The second-order valence-electron chi connectivity index (χ2n) is 4.63. The Kier molecular flexibility index (Phi) is 4.62. The molecule has 0 fully saturated rings. The number of carbonyl (C=O) groups excluding carboxylic acids is 1. The number of Topliss-reactive ketones (excluding diaryl/α,β-unsaturated/α-hetero) is 1. The van der Waals surface area contributed by atoms with Crippen molar-refractivity contribution in [3.63, 3.8) is 0 Å². The minimum atomic E-state index is -1.06. The monoisotopic (exact) mass is 355 g/mol. The van der Waals surface area contributed by atoms with Gasteiger partial charge in [0.1, 0.15) is 0 Å². The zero-order valence-corrected chi connectivity index (χ0v) is 12.9. The van der Waals surface area contributed by atoms with Gasteiger partial charge < -0.3 is 9.52 Å². The van der Waals surface area contributed by atoms with Gasteiger partial charge >= 0.3 is 11.7 Å². The molecule has 0 saturated carbocycles. The number of hydrogen-bond acceptors (Lipinski definition) is 4. The molecule has 1 unspecified atom stereocenters. The highest BCUT2D eigenvalue weighted by molar-refractivity contribution is 9.10. The van der Waals surface area contributed by atoms with Gasteiger partial charge in [-0.2, -0.15) is 0 Å². The Balaban J connectivity index is 2.37. The van der Waals surface area contributed by atoms with Gasteiger partial charge in [0.05, 0.1) is 16.8 Å². The highest BCUT2D eigenvalue weighted by atomic mass is 79.9. The molecule has 0 spiro atoms. The number of benzene rings is 1. The Morgan fingerprint density at radius 1 is 1.43 bits per heavy atom. The van der Waals surface area contributed by atoms with Gasteiger partial charge in [0.25, 0.3) is 0 Å². The molecule has 0 bridgehead atoms. The predicted molar refractivity (Wildman–Crippen MR) is 80.1 cm³/mol. The SMILES string of the molecule is CCCn1c(=O)oc2cc(C(=O)C(Br)CC(=O)O)ccc21. The van der Waals surface area contributed by atoms with Crippen LogP contribution in [-0.2, 0) is 11.3 Å². The van der Waals surface area contributed by atoms with Crippen molar-refractivity contribution in [2.45, 2.75) is 31.1 Å². The van der Waals surface area contributed by atoms with Gasteiger partial charge in [-0.15, -0.1) is 0 Å². The molecule has 0 aliphatic rings. The lowest BCUT2D eigenvalue weighted by atomic mass is 10.1. The quantitative estimate of drug-likeness (QED) is 0.634. The summed E-state index contributed by atoms with van der Waals surface area (Å²) >= 11 is 3.06. The van der Waals surface area contributed by atoms with Crippen molar-refractivity contribution in [3.05, 3.63) is 34.3 Å². The van der Waals surface area contributed by atoms with E-state index in [2.05, 4.69) is 15.9 Å². The summed E-state index contributed by atoms with van der Waals surface area (Å²) in [5, 5.41) is 8.70. The van der Waals surface area contributed by atoms with Crippen LogP contribution in [0.15, 0.2) is 27.4 Å². The highest BCUT2D eigenvalue weighted by Gasteiger charge is 2.21. The Morgan fingerprint density at radius 3 is 2.76 bits per heavy atom. The number of oxazole rings is 1. The van der Waals surface area contributed by atoms with Crippen LogP contribution >= 0.6 is 15.9 Å². The van der Waals surface area contributed by atoms with Crippen LogP contribution in [0, 0.1) is 0 Å². The Bertz CT molecular complexity index is 745. The van der Waals surface area contributed by atoms with E-state index in [1.807, 2.05) is 6.92 Å². The number of rotatable bonds is 6. The Morgan fingerprint density at radius 2 is 2.14 bits per heavy atom. The van der Waals surface area contributed by atoms with E-state index in [0.29, 0.717) is 23.2 Å². The van der Waals surface area contributed by atoms with E-state index in [1.54, 1.807) is 12.1 Å². The number of carbonyl (C=O) groups is 2. The number of ketones is 1. The smallest absolute Gasteiger partial charge is 0.419 e. The second-order valence-corrected chi connectivity index (χ2v) is 5.74. The van der Waals surface area contributed by atoms with E-state index in [0.717, 1.165) is 6.42 Å². The number of hydrogen-bond donors (Lipinski definition) is 1. The summed E-state index contributed by atoms with van der Waals surface area (Å²) in [5.74, 6) is -1.88. The van der Waals surface area contributed by atoms with E-state index in [9.17, 15) is 14.4 Å². The van der Waals surface area contributed by atoms with Crippen molar-refractivity contribution in [1.82, 2.24) is 4.57 Å². The van der Waals surface area contributed by atoms with Crippen LogP contribution in [0.2, 0.25) is 0 Å². The number of alkyl halides is 1. The molecule has 0 aliphatic heterocycles. The largest absolute Gasteiger partial charge is 0.481 e. The average Bonchev–Trinajstić information content (AvgIpc) is 2.73. The first-order chi connectivity index (χ1) is 9.93. The summed E-state index contributed by atoms with van der Waals surface area (Å²) in [6.45, 7) is 2.49. The van der Waals surface area contributed by atoms with Gasteiger partial charge in [-0.3, -0.25) is 14.2 Å². The van der Waals surface area contributed by atoms with E-state index in [-0.39, 0.29) is 12.2 Å². The molecule has 1 aromatic heterocycles. The van der Waals surface area contributed by atoms with Crippen LogP contribution in [0.4, 0.5) is 0 Å². The second kappa shape index (κ2) is 6.26. The highest BCUT2D eigenvalue weighted by Crippen LogP contribution is 2.19. The van der Waals surface area contributed by atoms with Crippen LogP contribution in [0.5, 0.6) is 0 Å². The maximum Gasteiger partial charge on any atom is 0.419 e. The summed E-state index contributed by atoms with van der Waals surface area (Å²) in [4.78, 5) is 33.6. The molecule has 6 nitrogen and oxygen atoms in total. The molecule has 1 N–H and O–H groups in total. The van der Waals surface area contributed by atoms with Crippen molar-refractivity contribution in [2.24, 2.45) is 0 Å². The van der Waals surface area contributed by atoms with Crippen LogP contribution in [0.1, 0.15) is 30.1 Å². The first-order valence-electron chi connectivity index (χ1n) is 6.47. The van der Waals surface area contributed by atoms with Gasteiger partial charge in [0, 0.05) is 12.1 Å². The van der Waals surface area contributed by atoms with E-state index in [1.165, 1.54) is 10.6 Å². The van der Waals surface area contributed by atoms with E-state index in [4.69, 9.17) is 9.52 Å². The van der Waals surface area contributed by atoms with Gasteiger partial charge in [-0.25, -0.2) is 4.79 Å². The fourth-order valence-corrected chi connectivity index (χ4v) is 2.62. The number of aromatic nitrogens is 1. The molecule has 2 rings (SSSR count). The summed E-state index contributed by atoms with van der Waals surface area (Å²) in [6.07, 6.45) is 0.481. The van der Waals surface area contributed by atoms with Crippen LogP contribution in [0.3, 0.4) is 0 Å². The number of fused-ring (bicyclic) bond motifs is 1. The van der Waals surface area contributed by atoms with Gasteiger partial charge in [0.2, 0.25) is 0 Å². The standard InChI is InChI=1S/C14H14BrNO5/c1-2-5-16-10-4-3-8(6-11(10)21-14(16)20)13(19)9(15)7-12(17)18/h3-4,6,9H,2,5,7H2,1H3,(H,17,18). The third-order valence-corrected chi connectivity index (χ3v) is 3.78. The van der Waals surface area contributed by atoms with Crippen molar-refractivity contribution in [1.29, 1.82) is 0 Å². The molecule has 7 heteroatoms. The molecule has 1 heterocycles. The summed E-state index contributed by atoms with van der Waals surface area (Å²) in [6, 6.07) is 4.69. The van der Waals surface area contributed by atoms with Crippen molar-refractivity contribution in [2.75, 3.05) is 0 Å². The molecular weight excluding hydrogens is 342 g/mol. The molecule has 1 atom stereocenters. The van der Waals surface area contributed by atoms with Crippen molar-refractivity contribution >= 4 is 38.8 Å². The van der Waals surface area contributed by atoms with Crippen LogP contribution < -0.4 is 5.76 Å². The van der Waals surface area contributed by atoms with Gasteiger partial charge in [0.15, 0.2) is 11.4 Å². The first kappa shape index (κ1) is 15.5. The third kappa shape index (κ3) is 3.24. The average molecular weight is 356 g/mol. The molecular formula is C14H14BrNO5. The summed E-state index contributed by atoms with van der Waals surface area (Å²) in [5.41, 5.74) is 1.26. The minimum Gasteiger partial charge on any atom is -0.481 e. The predicted octanol–water partition coefficient (Wildman–Crippen LogP) is 2.43. The van der Waals surface area contributed by atoms with Crippen molar-refractivity contribution in [3.8, 4) is 0 Å². The molecule has 2 aromatic rings. The van der Waals surface area contributed by atoms with Gasteiger partial charge in [-0.05, 0) is 24.6 Å².